The van der Waals surface area contributed by atoms with Gasteiger partial charge in [-0.15, -0.1) is 0 Å². The van der Waals surface area contributed by atoms with Crippen molar-refractivity contribution in [3.63, 3.8) is 0 Å². The van der Waals surface area contributed by atoms with Crippen LogP contribution in [0.3, 0.4) is 0 Å². The van der Waals surface area contributed by atoms with Crippen molar-refractivity contribution in [2.24, 2.45) is 23.7 Å². The van der Waals surface area contributed by atoms with Crippen LogP contribution < -0.4 is 0 Å². The van der Waals surface area contributed by atoms with Crippen molar-refractivity contribution in [2.45, 2.75) is 191 Å². The number of rotatable bonds is 8. The van der Waals surface area contributed by atoms with Gasteiger partial charge in [0.1, 0.15) is 42.0 Å². The molecule has 1 spiro atoms. The third-order valence-electron chi connectivity index (χ3n) is 14.5. The fourth-order valence-corrected chi connectivity index (χ4v) is 10.6. The van der Waals surface area contributed by atoms with Gasteiger partial charge in [0.25, 0.3) is 0 Å². The number of aliphatic hydroxyl groups is 3. The first-order valence-corrected chi connectivity index (χ1v) is 22.9. The van der Waals surface area contributed by atoms with Crippen molar-refractivity contribution in [3.8, 4) is 0 Å². The molecule has 14 nitrogen and oxygen atoms in total. The predicted octanol–water partition coefficient (Wildman–Crippen LogP) is 5.38. The number of carbonyl (C=O) groups is 1. The molecule has 3 N–H and O–H groups in total. The highest BCUT2D eigenvalue weighted by atomic mass is 16.7. The van der Waals surface area contributed by atoms with Crippen LogP contribution in [0.25, 0.3) is 0 Å². The minimum absolute atomic E-state index is 0.0317. The minimum Gasteiger partial charge on any atom is -0.462 e. The molecule has 7 aliphatic rings. The van der Waals surface area contributed by atoms with Crippen LogP contribution in [-0.2, 0) is 52.2 Å². The summed E-state index contributed by atoms with van der Waals surface area (Å²) >= 11 is 0. The largest absolute Gasteiger partial charge is 0.462 e. The molecule has 0 amide bonds. The van der Waals surface area contributed by atoms with Crippen molar-refractivity contribution < 1.29 is 67.5 Å². The lowest BCUT2D eigenvalue weighted by molar-refractivity contribution is -0.318. The highest BCUT2D eigenvalue weighted by Gasteiger charge is 2.60. The average molecular weight is 873 g/mol. The monoisotopic (exact) mass is 872 g/mol. The van der Waals surface area contributed by atoms with Crippen LogP contribution in [-0.4, -0.2) is 139 Å². The Hall–Kier alpha value is -2.31. The Balaban J connectivity index is 1.18. The molecule has 348 valence electrons. The summed E-state index contributed by atoms with van der Waals surface area (Å²) in [6.45, 7) is 16.1. The number of methoxy groups -OCH3 is 2. The Morgan fingerprint density at radius 3 is 2.32 bits per heavy atom. The van der Waals surface area contributed by atoms with Gasteiger partial charge in [0.15, 0.2) is 18.4 Å². The Morgan fingerprint density at radius 2 is 1.60 bits per heavy atom. The standard InChI is InChI=1S/C48H72O14/c1-11-25(2)43-28(5)17-18-47(62-43)23-34-20-33(61-47)16-15-27(4)42(26(3)13-12-14-32-24-55-45-40(49)29(6)19-35(46(51)58-34)48(32,45)52)59-39-22-37(54-10)44(31(8)57-39)60-38-21-36(53-9)41(50)30(7)56-38/h12-15,17-19,25-26,28,30-31,33-45,49-50,52H,11,16,20-24H2,1-10H3/t25-,26-,28-,30-,31-,33+,34-,35+,36-,37-,38-,39-,40+,41-,42?,43+,44?,45-,47+,48+/m0/s1. The SMILES string of the molecule is CC[C@H](C)[C@H]1O[C@]2(C=C[C@@H]1C)C[C@@H]1C[C@@H](CC=C(C)C(O[C@H]3C[C@H](OC)C(O[C@H]4C[C@H](OC)[C@@H](O)[C@H](C)O4)[C@H](C)O3)[C@@H](C)C=CC=C3CO[C@H]4[C@H](O)C(C)=C[C@H](C(=O)O1)[C@]34O)O2. The zero-order valence-electron chi connectivity index (χ0n) is 38.2. The number of aliphatic hydroxyl groups excluding tert-OH is 2. The summed E-state index contributed by atoms with van der Waals surface area (Å²) in [6.07, 6.45) is 8.55. The van der Waals surface area contributed by atoms with Gasteiger partial charge in [0.2, 0.25) is 0 Å². The third kappa shape index (κ3) is 9.64. The summed E-state index contributed by atoms with van der Waals surface area (Å²) in [5, 5.41) is 34.2. The fourth-order valence-electron chi connectivity index (χ4n) is 10.6. The molecule has 4 saturated heterocycles. The quantitative estimate of drug-likeness (QED) is 0.210. The number of ether oxygens (including phenoxy) is 10. The maximum absolute atomic E-state index is 14.3. The summed E-state index contributed by atoms with van der Waals surface area (Å²) in [7, 11) is 3.22. The first-order valence-electron chi connectivity index (χ1n) is 22.9. The van der Waals surface area contributed by atoms with E-state index < -0.39 is 90.8 Å². The molecular weight excluding hydrogens is 801 g/mol. The number of esters is 1. The van der Waals surface area contributed by atoms with Gasteiger partial charge in [-0.2, -0.15) is 0 Å². The molecule has 1 aliphatic carbocycles. The lowest BCUT2D eigenvalue weighted by Crippen LogP contribution is -2.58. The molecule has 6 aliphatic heterocycles. The molecule has 0 aromatic rings. The third-order valence-corrected chi connectivity index (χ3v) is 14.5. The van der Waals surface area contributed by atoms with Gasteiger partial charge in [-0.25, -0.2) is 0 Å². The Labute approximate surface area is 367 Å². The number of fused-ring (bicyclic) bond motifs is 2. The van der Waals surface area contributed by atoms with Gasteiger partial charge < -0.3 is 62.7 Å². The van der Waals surface area contributed by atoms with Gasteiger partial charge >= 0.3 is 5.97 Å². The summed E-state index contributed by atoms with van der Waals surface area (Å²) in [5.41, 5.74) is 0.134. The van der Waals surface area contributed by atoms with E-state index in [1.807, 2.05) is 32.1 Å². The zero-order chi connectivity index (χ0) is 44.7. The van der Waals surface area contributed by atoms with Crippen molar-refractivity contribution in [1.82, 2.24) is 0 Å². The van der Waals surface area contributed by atoms with E-state index in [1.54, 1.807) is 40.2 Å². The smallest absolute Gasteiger partial charge is 0.316 e. The van der Waals surface area contributed by atoms with E-state index in [9.17, 15) is 20.1 Å². The molecule has 0 aromatic heterocycles. The van der Waals surface area contributed by atoms with E-state index in [1.165, 1.54) is 0 Å². The maximum atomic E-state index is 14.3. The van der Waals surface area contributed by atoms with E-state index in [4.69, 9.17) is 47.4 Å². The van der Waals surface area contributed by atoms with Gasteiger partial charge in [-0.3, -0.25) is 4.79 Å². The summed E-state index contributed by atoms with van der Waals surface area (Å²) < 4.78 is 63.7. The second kappa shape index (κ2) is 19.7. The molecule has 14 heteroatoms. The molecule has 0 saturated carbocycles. The normalized spacial score (nSPS) is 47.0. The number of allylic oxidation sites excluding steroid dienone is 2. The molecule has 62 heavy (non-hydrogen) atoms. The van der Waals surface area contributed by atoms with Gasteiger partial charge in [-0.1, -0.05) is 70.6 Å². The summed E-state index contributed by atoms with van der Waals surface area (Å²) in [4.78, 5) is 14.3. The Morgan fingerprint density at radius 1 is 0.887 bits per heavy atom. The Kier molecular flexibility index (Phi) is 15.1. The van der Waals surface area contributed by atoms with Gasteiger partial charge in [0.05, 0.1) is 49.3 Å². The average Bonchev–Trinajstić information content (AvgIpc) is 3.58. The molecule has 0 radical (unpaired) electrons. The van der Waals surface area contributed by atoms with Crippen molar-refractivity contribution in [3.05, 3.63) is 59.3 Å². The molecule has 20 atom stereocenters. The highest BCUT2D eigenvalue weighted by molar-refractivity contribution is 5.78. The molecule has 0 aromatic carbocycles. The first kappa shape index (κ1) is 47.6. The second-order valence-corrected chi connectivity index (χ2v) is 19.0. The number of hydrogen-bond donors (Lipinski definition) is 3. The first-order chi connectivity index (χ1) is 29.5. The lowest BCUT2D eigenvalue weighted by atomic mass is 9.71. The van der Waals surface area contributed by atoms with Crippen LogP contribution >= 0.6 is 0 Å². The number of hydrogen-bond acceptors (Lipinski definition) is 14. The van der Waals surface area contributed by atoms with Crippen molar-refractivity contribution in [1.29, 1.82) is 0 Å². The van der Waals surface area contributed by atoms with Gasteiger partial charge in [-0.05, 0) is 62.8 Å². The van der Waals surface area contributed by atoms with Gasteiger partial charge in [0, 0.05) is 51.7 Å². The topological polar surface area (TPSA) is 170 Å². The molecule has 4 fully saturated rings. The van der Waals surface area contributed by atoms with Crippen molar-refractivity contribution in [2.75, 3.05) is 20.8 Å². The summed E-state index contributed by atoms with van der Waals surface area (Å²) in [6, 6.07) is 0. The van der Waals surface area contributed by atoms with Crippen LogP contribution in [0.5, 0.6) is 0 Å². The molecule has 6 heterocycles. The second-order valence-electron chi connectivity index (χ2n) is 19.0. The van der Waals surface area contributed by atoms with Crippen LogP contribution in [0.15, 0.2) is 59.3 Å². The molecule has 7 rings (SSSR count). The molecule has 2 bridgehead atoms. The predicted molar refractivity (Wildman–Crippen MR) is 227 cm³/mol. The highest BCUT2D eigenvalue weighted by Crippen LogP contribution is 2.47. The zero-order valence-corrected chi connectivity index (χ0v) is 38.2. The van der Waals surface area contributed by atoms with Crippen LogP contribution in [0.2, 0.25) is 0 Å². The van der Waals surface area contributed by atoms with Crippen LogP contribution in [0.1, 0.15) is 93.9 Å². The lowest BCUT2D eigenvalue weighted by Gasteiger charge is -2.48. The fraction of sp³-hybridized carbons (Fsp3) is 0.771. The van der Waals surface area contributed by atoms with Crippen LogP contribution in [0, 0.1) is 23.7 Å². The van der Waals surface area contributed by atoms with Crippen LogP contribution in [0.4, 0.5) is 0 Å². The summed E-state index contributed by atoms with van der Waals surface area (Å²) in [5.74, 6) is -2.56. The van der Waals surface area contributed by atoms with E-state index >= 15 is 0 Å². The van der Waals surface area contributed by atoms with E-state index in [-0.39, 0.29) is 42.7 Å². The Bertz CT molecular complexity index is 1730. The maximum Gasteiger partial charge on any atom is 0.316 e. The molecule has 2 unspecified atom stereocenters. The number of carbonyl (C=O) groups excluding carboxylic acids is 1. The van der Waals surface area contributed by atoms with E-state index in [0.29, 0.717) is 43.3 Å². The van der Waals surface area contributed by atoms with E-state index in [0.717, 1.165) is 12.0 Å². The van der Waals surface area contributed by atoms with Crippen molar-refractivity contribution >= 4 is 5.97 Å². The molecular formula is C48H72O14. The minimum atomic E-state index is -1.84. The van der Waals surface area contributed by atoms with E-state index in [2.05, 4.69) is 39.8 Å².